The first-order chi connectivity index (χ1) is 8.22. The van der Waals surface area contributed by atoms with Crippen LogP contribution in [0.3, 0.4) is 0 Å². The summed E-state index contributed by atoms with van der Waals surface area (Å²) in [6.45, 7) is 6.66. The predicted molar refractivity (Wildman–Crippen MR) is 70.8 cm³/mol. The van der Waals surface area contributed by atoms with Crippen LogP contribution in [0.5, 0.6) is 0 Å². The third kappa shape index (κ3) is 5.04. The molecule has 1 unspecified atom stereocenters. The van der Waals surface area contributed by atoms with Gasteiger partial charge in [0.05, 0.1) is 0 Å². The number of rotatable bonds is 9. The predicted octanol–water partition coefficient (Wildman–Crippen LogP) is 1.10. The SMILES string of the molecule is CCCNC(=O)CC(CN)N(CCC)C1CC1. The first-order valence-electron chi connectivity index (χ1n) is 6.95. The van der Waals surface area contributed by atoms with E-state index < -0.39 is 0 Å². The highest BCUT2D eigenvalue weighted by molar-refractivity contribution is 5.76. The van der Waals surface area contributed by atoms with E-state index in [1.54, 1.807) is 0 Å². The van der Waals surface area contributed by atoms with Crippen LogP contribution in [0, 0.1) is 0 Å². The summed E-state index contributed by atoms with van der Waals surface area (Å²) in [5.41, 5.74) is 5.82. The second kappa shape index (κ2) is 7.67. The Labute approximate surface area is 105 Å². The van der Waals surface area contributed by atoms with E-state index in [2.05, 4.69) is 24.1 Å². The second-order valence-electron chi connectivity index (χ2n) is 4.91. The molecular weight excluding hydrogens is 214 g/mol. The van der Waals surface area contributed by atoms with Gasteiger partial charge in [0.25, 0.3) is 0 Å². The fraction of sp³-hybridized carbons (Fsp3) is 0.923. The van der Waals surface area contributed by atoms with Gasteiger partial charge in [-0.3, -0.25) is 9.69 Å². The zero-order valence-electron chi connectivity index (χ0n) is 11.2. The van der Waals surface area contributed by atoms with Crippen molar-refractivity contribution in [3.8, 4) is 0 Å². The molecule has 0 spiro atoms. The normalized spacial score (nSPS) is 17.2. The highest BCUT2D eigenvalue weighted by atomic mass is 16.1. The Kier molecular flexibility index (Phi) is 6.52. The lowest BCUT2D eigenvalue weighted by Crippen LogP contribution is -2.45. The van der Waals surface area contributed by atoms with Gasteiger partial charge in [0.15, 0.2) is 0 Å². The van der Waals surface area contributed by atoms with E-state index in [1.165, 1.54) is 12.8 Å². The zero-order chi connectivity index (χ0) is 12.7. The van der Waals surface area contributed by atoms with Crippen LogP contribution in [0.25, 0.3) is 0 Å². The molecule has 1 aliphatic carbocycles. The minimum atomic E-state index is 0.143. The van der Waals surface area contributed by atoms with E-state index in [1.807, 2.05) is 0 Å². The van der Waals surface area contributed by atoms with E-state index in [4.69, 9.17) is 5.73 Å². The number of nitrogens with zero attached hydrogens (tertiary/aromatic N) is 1. The van der Waals surface area contributed by atoms with Crippen molar-refractivity contribution in [1.82, 2.24) is 10.2 Å². The van der Waals surface area contributed by atoms with Crippen molar-refractivity contribution in [2.45, 2.75) is 58.0 Å². The molecule has 1 aliphatic rings. The van der Waals surface area contributed by atoms with Crippen LogP contribution in [-0.4, -0.2) is 42.5 Å². The summed E-state index contributed by atoms with van der Waals surface area (Å²) >= 11 is 0. The molecule has 4 heteroatoms. The Morgan fingerprint density at radius 2 is 2.12 bits per heavy atom. The van der Waals surface area contributed by atoms with Crippen molar-refractivity contribution >= 4 is 5.91 Å². The molecule has 1 rings (SSSR count). The van der Waals surface area contributed by atoms with Gasteiger partial charge in [-0.15, -0.1) is 0 Å². The Morgan fingerprint density at radius 1 is 1.41 bits per heavy atom. The molecule has 0 saturated heterocycles. The first-order valence-corrected chi connectivity index (χ1v) is 6.95. The summed E-state index contributed by atoms with van der Waals surface area (Å²) in [5.74, 6) is 0.143. The van der Waals surface area contributed by atoms with Crippen LogP contribution in [0.4, 0.5) is 0 Å². The van der Waals surface area contributed by atoms with E-state index >= 15 is 0 Å². The summed E-state index contributed by atoms with van der Waals surface area (Å²) in [5, 5.41) is 2.93. The van der Waals surface area contributed by atoms with Crippen molar-refractivity contribution in [3.05, 3.63) is 0 Å². The van der Waals surface area contributed by atoms with Crippen molar-refractivity contribution in [3.63, 3.8) is 0 Å². The van der Waals surface area contributed by atoms with Gasteiger partial charge in [0.2, 0.25) is 5.91 Å². The molecule has 0 heterocycles. The fourth-order valence-corrected chi connectivity index (χ4v) is 2.21. The Morgan fingerprint density at radius 3 is 2.59 bits per heavy atom. The summed E-state index contributed by atoms with van der Waals surface area (Å²) in [4.78, 5) is 14.2. The van der Waals surface area contributed by atoms with Gasteiger partial charge in [0, 0.05) is 31.6 Å². The molecule has 0 aromatic heterocycles. The van der Waals surface area contributed by atoms with Crippen molar-refractivity contribution in [2.24, 2.45) is 5.73 Å². The summed E-state index contributed by atoms with van der Waals surface area (Å²) in [7, 11) is 0. The molecule has 17 heavy (non-hydrogen) atoms. The third-order valence-electron chi connectivity index (χ3n) is 3.23. The topological polar surface area (TPSA) is 58.4 Å². The lowest BCUT2D eigenvalue weighted by atomic mass is 10.1. The van der Waals surface area contributed by atoms with Gasteiger partial charge in [-0.05, 0) is 32.2 Å². The second-order valence-corrected chi connectivity index (χ2v) is 4.91. The van der Waals surface area contributed by atoms with Crippen molar-refractivity contribution in [2.75, 3.05) is 19.6 Å². The number of carbonyl (C=O) groups is 1. The number of nitrogens with two attached hydrogens (primary N) is 1. The standard InChI is InChI=1S/C13H27N3O/c1-3-7-15-13(17)9-12(10-14)16(8-4-2)11-5-6-11/h11-12H,3-10,14H2,1-2H3,(H,15,17). The molecule has 1 atom stereocenters. The van der Waals surface area contributed by atoms with Crippen LogP contribution >= 0.6 is 0 Å². The summed E-state index contributed by atoms with van der Waals surface area (Å²) in [6.07, 6.45) is 5.21. The Hall–Kier alpha value is -0.610. The molecule has 1 fully saturated rings. The molecule has 0 aromatic carbocycles. The quantitative estimate of drug-likeness (QED) is 0.635. The molecule has 100 valence electrons. The minimum absolute atomic E-state index is 0.143. The van der Waals surface area contributed by atoms with E-state index in [0.29, 0.717) is 19.0 Å². The summed E-state index contributed by atoms with van der Waals surface area (Å²) in [6, 6.07) is 0.904. The zero-order valence-corrected chi connectivity index (χ0v) is 11.2. The largest absolute Gasteiger partial charge is 0.356 e. The van der Waals surface area contributed by atoms with E-state index in [-0.39, 0.29) is 11.9 Å². The van der Waals surface area contributed by atoms with Crippen molar-refractivity contribution in [1.29, 1.82) is 0 Å². The lowest BCUT2D eigenvalue weighted by Gasteiger charge is -2.30. The number of amides is 1. The highest BCUT2D eigenvalue weighted by Gasteiger charge is 2.33. The molecule has 0 aliphatic heterocycles. The van der Waals surface area contributed by atoms with Gasteiger partial charge in [-0.25, -0.2) is 0 Å². The number of hydrogen-bond donors (Lipinski definition) is 2. The van der Waals surface area contributed by atoms with Gasteiger partial charge >= 0.3 is 0 Å². The van der Waals surface area contributed by atoms with Crippen LogP contribution < -0.4 is 11.1 Å². The van der Waals surface area contributed by atoms with Gasteiger partial charge in [-0.2, -0.15) is 0 Å². The number of hydrogen-bond acceptors (Lipinski definition) is 3. The van der Waals surface area contributed by atoms with E-state index in [0.717, 1.165) is 25.9 Å². The first kappa shape index (κ1) is 14.5. The maximum atomic E-state index is 11.7. The average molecular weight is 241 g/mol. The summed E-state index contributed by atoms with van der Waals surface area (Å²) < 4.78 is 0. The van der Waals surface area contributed by atoms with Crippen LogP contribution in [0.2, 0.25) is 0 Å². The van der Waals surface area contributed by atoms with Gasteiger partial charge < -0.3 is 11.1 Å². The third-order valence-corrected chi connectivity index (χ3v) is 3.23. The van der Waals surface area contributed by atoms with Gasteiger partial charge in [-0.1, -0.05) is 13.8 Å². The van der Waals surface area contributed by atoms with Crippen LogP contribution in [0.15, 0.2) is 0 Å². The molecule has 0 aromatic rings. The number of nitrogens with one attached hydrogen (secondary N) is 1. The minimum Gasteiger partial charge on any atom is -0.356 e. The highest BCUT2D eigenvalue weighted by Crippen LogP contribution is 2.29. The molecule has 1 amide bonds. The Bertz CT molecular complexity index is 229. The molecule has 1 saturated carbocycles. The average Bonchev–Trinajstić information content (AvgIpc) is 3.15. The smallest absolute Gasteiger partial charge is 0.221 e. The van der Waals surface area contributed by atoms with Crippen LogP contribution in [0.1, 0.15) is 46.0 Å². The lowest BCUT2D eigenvalue weighted by molar-refractivity contribution is -0.122. The maximum Gasteiger partial charge on any atom is 0.221 e. The molecule has 3 N–H and O–H groups in total. The van der Waals surface area contributed by atoms with Gasteiger partial charge in [0.1, 0.15) is 0 Å². The van der Waals surface area contributed by atoms with E-state index in [9.17, 15) is 4.79 Å². The molecular formula is C13H27N3O. The van der Waals surface area contributed by atoms with Crippen molar-refractivity contribution < 1.29 is 4.79 Å². The molecule has 0 radical (unpaired) electrons. The fourth-order valence-electron chi connectivity index (χ4n) is 2.21. The molecule has 4 nitrogen and oxygen atoms in total. The number of carbonyl (C=O) groups excluding carboxylic acids is 1. The monoisotopic (exact) mass is 241 g/mol. The molecule has 0 bridgehead atoms. The maximum absolute atomic E-state index is 11.7. The Balaban J connectivity index is 2.41. The van der Waals surface area contributed by atoms with Crippen LogP contribution in [-0.2, 0) is 4.79 Å².